The molecule has 4 rings (SSSR count). The Balaban J connectivity index is 1.49. The highest BCUT2D eigenvalue weighted by Crippen LogP contribution is 2.33. The highest BCUT2D eigenvalue weighted by molar-refractivity contribution is 5.94. The maximum atomic E-state index is 12.8. The summed E-state index contributed by atoms with van der Waals surface area (Å²) in [5, 5.41) is 0. The lowest BCUT2D eigenvalue weighted by molar-refractivity contribution is -0.0786. The number of rotatable bonds is 3. The predicted octanol–water partition coefficient (Wildman–Crippen LogP) is 1.93. The maximum Gasteiger partial charge on any atom is 0.254 e. The summed E-state index contributed by atoms with van der Waals surface area (Å²) in [6.45, 7) is 1.15. The van der Waals surface area contributed by atoms with E-state index in [1.807, 2.05) is 17.0 Å². The molecule has 0 bridgehead atoms. The number of carbonyl (C=O) groups excluding carboxylic acids is 1. The van der Waals surface area contributed by atoms with Crippen LogP contribution in [0.2, 0.25) is 0 Å². The number of aromatic nitrogens is 2. The standard InChI is InChI=1S/C18H19N3O3/c22-18(13-5-8-19-9-6-13)21-10-11-23-17-15(21)3-4-16(17)24-14-2-1-7-20-12-14/h1-2,5-9,12,15-17H,3-4,10-11H2/t15-,16+,17+/m0/s1. The van der Waals surface area contributed by atoms with E-state index in [2.05, 4.69) is 9.97 Å². The van der Waals surface area contributed by atoms with Crippen molar-refractivity contribution in [2.45, 2.75) is 31.1 Å². The molecule has 0 aromatic carbocycles. The molecule has 0 spiro atoms. The van der Waals surface area contributed by atoms with E-state index < -0.39 is 0 Å². The van der Waals surface area contributed by atoms with Crippen LogP contribution in [0, 0.1) is 0 Å². The molecule has 1 saturated carbocycles. The largest absolute Gasteiger partial charge is 0.486 e. The highest BCUT2D eigenvalue weighted by Gasteiger charge is 2.45. The van der Waals surface area contributed by atoms with Gasteiger partial charge >= 0.3 is 0 Å². The lowest BCUT2D eigenvalue weighted by Crippen LogP contribution is -2.54. The number of hydrogen-bond donors (Lipinski definition) is 0. The molecule has 1 aliphatic heterocycles. The molecule has 124 valence electrons. The quantitative estimate of drug-likeness (QED) is 0.863. The van der Waals surface area contributed by atoms with Crippen molar-refractivity contribution in [1.82, 2.24) is 14.9 Å². The van der Waals surface area contributed by atoms with Crippen LogP contribution >= 0.6 is 0 Å². The van der Waals surface area contributed by atoms with Crippen molar-refractivity contribution < 1.29 is 14.3 Å². The monoisotopic (exact) mass is 325 g/mol. The van der Waals surface area contributed by atoms with Crippen LogP contribution in [0.4, 0.5) is 0 Å². The van der Waals surface area contributed by atoms with Crippen LogP contribution < -0.4 is 4.74 Å². The number of carbonyl (C=O) groups is 1. The third-order valence-corrected chi connectivity index (χ3v) is 4.65. The number of ether oxygens (including phenoxy) is 2. The first-order valence-electron chi connectivity index (χ1n) is 8.22. The number of hydrogen-bond acceptors (Lipinski definition) is 5. The molecule has 1 amide bonds. The Bertz CT molecular complexity index is 695. The fourth-order valence-electron chi connectivity index (χ4n) is 3.55. The zero-order valence-electron chi connectivity index (χ0n) is 13.2. The van der Waals surface area contributed by atoms with Crippen LogP contribution in [0.3, 0.4) is 0 Å². The Kier molecular flexibility index (Phi) is 4.13. The van der Waals surface area contributed by atoms with Crippen LogP contribution in [0.1, 0.15) is 23.2 Å². The lowest BCUT2D eigenvalue weighted by Gasteiger charge is -2.39. The molecule has 0 unspecified atom stereocenters. The van der Waals surface area contributed by atoms with Crippen LogP contribution in [0.5, 0.6) is 5.75 Å². The number of nitrogens with zero attached hydrogens (tertiary/aromatic N) is 3. The Hall–Kier alpha value is -2.47. The van der Waals surface area contributed by atoms with E-state index in [0.717, 1.165) is 18.6 Å². The summed E-state index contributed by atoms with van der Waals surface area (Å²) in [7, 11) is 0. The average Bonchev–Trinajstić information content (AvgIpc) is 3.06. The molecule has 3 atom stereocenters. The molecule has 2 aliphatic rings. The molecule has 1 saturated heterocycles. The predicted molar refractivity (Wildman–Crippen MR) is 86.7 cm³/mol. The Morgan fingerprint density at radius 1 is 1.17 bits per heavy atom. The zero-order chi connectivity index (χ0) is 16.4. The topological polar surface area (TPSA) is 64.6 Å². The average molecular weight is 325 g/mol. The fourth-order valence-corrected chi connectivity index (χ4v) is 3.55. The lowest BCUT2D eigenvalue weighted by atomic mass is 10.1. The van der Waals surface area contributed by atoms with Crippen molar-refractivity contribution in [3.8, 4) is 5.75 Å². The molecule has 6 nitrogen and oxygen atoms in total. The Morgan fingerprint density at radius 2 is 2.04 bits per heavy atom. The van der Waals surface area contributed by atoms with E-state index in [1.165, 1.54) is 0 Å². The maximum absolute atomic E-state index is 12.8. The van der Waals surface area contributed by atoms with Crippen LogP contribution in [-0.4, -0.2) is 52.2 Å². The van der Waals surface area contributed by atoms with Crippen LogP contribution in [0.15, 0.2) is 49.1 Å². The minimum atomic E-state index is -0.0928. The van der Waals surface area contributed by atoms with Gasteiger partial charge in [0.2, 0.25) is 0 Å². The summed E-state index contributed by atoms with van der Waals surface area (Å²) in [5.74, 6) is 0.780. The molecule has 1 aliphatic carbocycles. The first kappa shape index (κ1) is 15.1. The summed E-state index contributed by atoms with van der Waals surface area (Å²) < 4.78 is 12.0. The van der Waals surface area contributed by atoms with Gasteiger partial charge in [-0.1, -0.05) is 0 Å². The summed E-state index contributed by atoms with van der Waals surface area (Å²) in [5.41, 5.74) is 0.669. The van der Waals surface area contributed by atoms with Gasteiger partial charge in [0.25, 0.3) is 5.91 Å². The highest BCUT2D eigenvalue weighted by atomic mass is 16.5. The van der Waals surface area contributed by atoms with Crippen molar-refractivity contribution in [3.63, 3.8) is 0 Å². The van der Waals surface area contributed by atoms with Gasteiger partial charge in [0.1, 0.15) is 18.0 Å². The second-order valence-electron chi connectivity index (χ2n) is 6.06. The van der Waals surface area contributed by atoms with Gasteiger partial charge in [0.05, 0.1) is 18.8 Å². The van der Waals surface area contributed by atoms with Gasteiger partial charge in [-0.2, -0.15) is 0 Å². The van der Waals surface area contributed by atoms with Gasteiger partial charge < -0.3 is 14.4 Å². The van der Waals surface area contributed by atoms with E-state index in [9.17, 15) is 4.79 Å². The van der Waals surface area contributed by atoms with Gasteiger partial charge in [-0.25, -0.2) is 0 Å². The smallest absolute Gasteiger partial charge is 0.254 e. The molecule has 0 radical (unpaired) electrons. The van der Waals surface area contributed by atoms with Gasteiger partial charge in [-0.05, 0) is 37.1 Å². The van der Waals surface area contributed by atoms with E-state index >= 15 is 0 Å². The van der Waals surface area contributed by atoms with E-state index in [1.54, 1.807) is 36.9 Å². The van der Waals surface area contributed by atoms with Gasteiger partial charge in [0.15, 0.2) is 0 Å². The molecule has 3 heterocycles. The summed E-state index contributed by atoms with van der Waals surface area (Å²) in [6, 6.07) is 7.31. The molecule has 2 fully saturated rings. The Morgan fingerprint density at radius 3 is 2.83 bits per heavy atom. The first-order valence-corrected chi connectivity index (χ1v) is 8.22. The molecular formula is C18H19N3O3. The number of fused-ring (bicyclic) bond motifs is 1. The van der Waals surface area contributed by atoms with Crippen molar-refractivity contribution >= 4 is 5.91 Å². The zero-order valence-corrected chi connectivity index (χ0v) is 13.2. The summed E-state index contributed by atoms with van der Waals surface area (Å²) in [6.07, 6.45) is 8.32. The second-order valence-corrected chi connectivity index (χ2v) is 6.06. The molecular weight excluding hydrogens is 306 g/mol. The van der Waals surface area contributed by atoms with Gasteiger partial charge in [0, 0.05) is 30.7 Å². The van der Waals surface area contributed by atoms with Crippen molar-refractivity contribution in [2.24, 2.45) is 0 Å². The first-order chi connectivity index (χ1) is 11.8. The van der Waals surface area contributed by atoms with E-state index in [-0.39, 0.29) is 24.2 Å². The van der Waals surface area contributed by atoms with Crippen molar-refractivity contribution in [3.05, 3.63) is 54.6 Å². The minimum absolute atomic E-state index is 0.0396. The summed E-state index contributed by atoms with van der Waals surface area (Å²) >= 11 is 0. The molecule has 24 heavy (non-hydrogen) atoms. The minimum Gasteiger partial charge on any atom is -0.486 e. The third kappa shape index (κ3) is 2.85. The van der Waals surface area contributed by atoms with Crippen molar-refractivity contribution in [1.29, 1.82) is 0 Å². The number of pyridine rings is 2. The normalized spacial score (nSPS) is 26.0. The molecule has 0 N–H and O–H groups in total. The van der Waals surface area contributed by atoms with Gasteiger partial charge in [-0.3, -0.25) is 14.8 Å². The molecule has 2 aromatic heterocycles. The molecule has 6 heteroatoms. The van der Waals surface area contributed by atoms with Gasteiger partial charge in [-0.15, -0.1) is 0 Å². The van der Waals surface area contributed by atoms with Crippen LogP contribution in [0.25, 0.3) is 0 Å². The third-order valence-electron chi connectivity index (χ3n) is 4.65. The van der Waals surface area contributed by atoms with Crippen LogP contribution in [-0.2, 0) is 4.74 Å². The Labute approximate surface area is 140 Å². The second kappa shape index (κ2) is 6.57. The van der Waals surface area contributed by atoms with E-state index in [0.29, 0.717) is 18.7 Å². The SMILES string of the molecule is O=C(c1ccncc1)N1CCO[C@H]2[C@H](Oc3cccnc3)CC[C@@H]21. The van der Waals surface area contributed by atoms with E-state index in [4.69, 9.17) is 9.47 Å². The molecule has 2 aromatic rings. The van der Waals surface area contributed by atoms with Crippen molar-refractivity contribution in [2.75, 3.05) is 13.2 Å². The number of morpholine rings is 1. The summed E-state index contributed by atoms with van der Waals surface area (Å²) in [4.78, 5) is 22.8. The fraction of sp³-hybridized carbons (Fsp3) is 0.389. The number of amides is 1.